The van der Waals surface area contributed by atoms with Gasteiger partial charge < -0.3 is 9.84 Å². The summed E-state index contributed by atoms with van der Waals surface area (Å²) in [5.74, 6) is -0.499. The van der Waals surface area contributed by atoms with E-state index < -0.39 is 16.4 Å². The monoisotopic (exact) mass is 320 g/mol. The van der Waals surface area contributed by atoms with Crippen LogP contribution in [0.1, 0.15) is 11.1 Å². The van der Waals surface area contributed by atoms with Crippen LogP contribution in [-0.4, -0.2) is 23.4 Å². The summed E-state index contributed by atoms with van der Waals surface area (Å²) in [6.07, 6.45) is 1.44. The van der Waals surface area contributed by atoms with Crippen molar-refractivity contribution in [3.63, 3.8) is 0 Å². The van der Waals surface area contributed by atoms with Gasteiger partial charge in [0, 0.05) is 22.9 Å². The van der Waals surface area contributed by atoms with Crippen LogP contribution in [0.25, 0.3) is 0 Å². The molecule has 0 unspecified atom stereocenters. The summed E-state index contributed by atoms with van der Waals surface area (Å²) >= 11 is 6.01. The number of phenols is 1. The van der Waals surface area contributed by atoms with Crippen molar-refractivity contribution in [3.8, 4) is 11.5 Å². The van der Waals surface area contributed by atoms with Crippen molar-refractivity contribution in [1.29, 1.82) is 0 Å². The van der Waals surface area contributed by atoms with E-state index in [1.807, 2.05) is 13.0 Å². The van der Waals surface area contributed by atoms with E-state index in [0.717, 1.165) is 5.56 Å². The zero-order valence-electron chi connectivity index (χ0n) is 11.9. The number of aryl methyl sites for hydroxylation is 1. The Hall–Kier alpha value is -2.60. The van der Waals surface area contributed by atoms with Crippen molar-refractivity contribution < 1.29 is 14.8 Å². The van der Waals surface area contributed by atoms with Crippen LogP contribution in [-0.2, 0) is 0 Å². The first-order chi connectivity index (χ1) is 10.4. The lowest BCUT2D eigenvalue weighted by atomic mass is 10.2. The standard InChI is InChI=1S/C15H13ClN2O4/c1-9-3-4-11(7-12(9)16)17-8-10-5-13(18(20)21)15(19)14(6-10)22-2/h3-8,19H,1-2H3. The second-order valence-electron chi connectivity index (χ2n) is 4.54. The van der Waals surface area contributed by atoms with Crippen LogP contribution in [0.3, 0.4) is 0 Å². The van der Waals surface area contributed by atoms with E-state index in [9.17, 15) is 15.2 Å². The SMILES string of the molecule is COc1cc(C=Nc2ccc(C)c(Cl)c2)cc([N+](=O)[O-])c1O. The van der Waals surface area contributed by atoms with E-state index in [0.29, 0.717) is 16.3 Å². The smallest absolute Gasteiger partial charge is 0.315 e. The molecule has 0 heterocycles. The minimum Gasteiger partial charge on any atom is -0.500 e. The molecule has 0 saturated heterocycles. The molecule has 7 heteroatoms. The minimum atomic E-state index is -0.683. The number of rotatable bonds is 4. The van der Waals surface area contributed by atoms with Gasteiger partial charge in [0.2, 0.25) is 5.75 Å². The highest BCUT2D eigenvalue weighted by Gasteiger charge is 2.19. The van der Waals surface area contributed by atoms with Crippen molar-refractivity contribution >= 4 is 29.2 Å². The number of aromatic hydroxyl groups is 1. The molecule has 0 amide bonds. The Bertz CT molecular complexity index is 759. The quantitative estimate of drug-likeness (QED) is 0.523. The number of halogens is 1. The van der Waals surface area contributed by atoms with E-state index >= 15 is 0 Å². The van der Waals surface area contributed by atoms with Gasteiger partial charge in [-0.15, -0.1) is 0 Å². The first-order valence-corrected chi connectivity index (χ1v) is 6.65. The molecule has 0 fully saturated rings. The molecule has 0 bridgehead atoms. The van der Waals surface area contributed by atoms with Crippen LogP contribution >= 0.6 is 11.6 Å². The van der Waals surface area contributed by atoms with Gasteiger partial charge in [0.15, 0.2) is 5.75 Å². The van der Waals surface area contributed by atoms with E-state index in [-0.39, 0.29) is 5.75 Å². The van der Waals surface area contributed by atoms with Crippen molar-refractivity contribution in [2.24, 2.45) is 4.99 Å². The van der Waals surface area contributed by atoms with Gasteiger partial charge in [-0.3, -0.25) is 15.1 Å². The summed E-state index contributed by atoms with van der Waals surface area (Å²) in [5.41, 5.74) is 1.54. The van der Waals surface area contributed by atoms with Crippen LogP contribution in [0, 0.1) is 17.0 Å². The summed E-state index contributed by atoms with van der Waals surface area (Å²) in [6.45, 7) is 1.88. The number of hydrogen-bond acceptors (Lipinski definition) is 5. The van der Waals surface area contributed by atoms with Gasteiger partial charge >= 0.3 is 5.69 Å². The predicted molar refractivity (Wildman–Crippen MR) is 84.8 cm³/mol. The molecule has 0 spiro atoms. The molecule has 0 aliphatic heterocycles. The number of benzene rings is 2. The summed E-state index contributed by atoms with van der Waals surface area (Å²) in [7, 11) is 1.32. The fraction of sp³-hybridized carbons (Fsp3) is 0.133. The molecular weight excluding hydrogens is 308 g/mol. The summed E-state index contributed by atoms with van der Waals surface area (Å²) in [4.78, 5) is 14.5. The summed E-state index contributed by atoms with van der Waals surface area (Å²) in [5, 5.41) is 21.2. The van der Waals surface area contributed by atoms with Gasteiger partial charge in [0.25, 0.3) is 0 Å². The summed E-state index contributed by atoms with van der Waals surface area (Å²) < 4.78 is 4.93. The largest absolute Gasteiger partial charge is 0.500 e. The molecule has 114 valence electrons. The average Bonchev–Trinajstić information content (AvgIpc) is 2.49. The molecule has 0 aromatic heterocycles. The molecule has 1 N–H and O–H groups in total. The van der Waals surface area contributed by atoms with E-state index in [4.69, 9.17) is 16.3 Å². The molecule has 0 atom stereocenters. The lowest BCUT2D eigenvalue weighted by molar-refractivity contribution is -0.386. The number of methoxy groups -OCH3 is 1. The van der Waals surface area contributed by atoms with Crippen LogP contribution in [0.4, 0.5) is 11.4 Å². The number of nitrogens with zero attached hydrogens (tertiary/aromatic N) is 2. The third kappa shape index (κ3) is 3.35. The maximum Gasteiger partial charge on any atom is 0.315 e. The second kappa shape index (κ2) is 6.44. The van der Waals surface area contributed by atoms with Gasteiger partial charge in [-0.05, 0) is 30.7 Å². The van der Waals surface area contributed by atoms with Gasteiger partial charge in [-0.1, -0.05) is 17.7 Å². The zero-order valence-corrected chi connectivity index (χ0v) is 12.7. The molecular formula is C15H13ClN2O4. The van der Waals surface area contributed by atoms with Crippen molar-refractivity contribution in [2.45, 2.75) is 6.92 Å². The lowest BCUT2D eigenvalue weighted by Gasteiger charge is -2.05. The van der Waals surface area contributed by atoms with E-state index in [1.54, 1.807) is 12.1 Å². The molecule has 2 aromatic rings. The van der Waals surface area contributed by atoms with Gasteiger partial charge in [0.1, 0.15) is 0 Å². The van der Waals surface area contributed by atoms with Crippen LogP contribution in [0.5, 0.6) is 11.5 Å². The molecule has 2 rings (SSSR count). The number of nitro groups is 1. The van der Waals surface area contributed by atoms with Gasteiger partial charge in [0.05, 0.1) is 17.7 Å². The lowest BCUT2D eigenvalue weighted by Crippen LogP contribution is -1.94. The molecule has 2 aromatic carbocycles. The number of nitro benzene ring substituents is 1. The maximum atomic E-state index is 10.9. The first-order valence-electron chi connectivity index (χ1n) is 6.28. The third-order valence-electron chi connectivity index (χ3n) is 3.01. The first kappa shape index (κ1) is 15.8. The maximum absolute atomic E-state index is 10.9. The minimum absolute atomic E-state index is 0.0117. The fourth-order valence-corrected chi connectivity index (χ4v) is 1.97. The summed E-state index contributed by atoms with van der Waals surface area (Å²) in [6, 6.07) is 7.98. The Morgan fingerprint density at radius 3 is 2.68 bits per heavy atom. The van der Waals surface area contributed by atoms with E-state index in [1.165, 1.54) is 25.5 Å². The third-order valence-corrected chi connectivity index (χ3v) is 3.42. The number of aliphatic imine (C=N–C) groups is 1. The molecule has 0 radical (unpaired) electrons. The molecule has 6 nitrogen and oxygen atoms in total. The molecule has 22 heavy (non-hydrogen) atoms. The topological polar surface area (TPSA) is 85.0 Å². The van der Waals surface area contributed by atoms with Gasteiger partial charge in [-0.2, -0.15) is 0 Å². The number of ether oxygens (including phenoxy) is 1. The second-order valence-corrected chi connectivity index (χ2v) is 4.95. The highest BCUT2D eigenvalue weighted by atomic mass is 35.5. The van der Waals surface area contributed by atoms with E-state index in [2.05, 4.69) is 4.99 Å². The Labute approximate surface area is 131 Å². The number of hydrogen-bond donors (Lipinski definition) is 1. The zero-order chi connectivity index (χ0) is 16.3. The van der Waals surface area contributed by atoms with Crippen LogP contribution < -0.4 is 4.74 Å². The highest BCUT2D eigenvalue weighted by Crippen LogP contribution is 2.36. The Kier molecular flexibility index (Phi) is 4.62. The van der Waals surface area contributed by atoms with Crippen LogP contribution in [0.15, 0.2) is 35.3 Å². The van der Waals surface area contributed by atoms with Gasteiger partial charge in [-0.25, -0.2) is 0 Å². The van der Waals surface area contributed by atoms with Crippen molar-refractivity contribution in [1.82, 2.24) is 0 Å². The molecule has 0 aliphatic rings. The molecule has 0 saturated carbocycles. The normalized spacial score (nSPS) is 10.9. The Morgan fingerprint density at radius 1 is 1.36 bits per heavy atom. The highest BCUT2D eigenvalue weighted by molar-refractivity contribution is 6.31. The Morgan fingerprint density at radius 2 is 2.09 bits per heavy atom. The van der Waals surface area contributed by atoms with Crippen LogP contribution in [0.2, 0.25) is 5.02 Å². The Balaban J connectivity index is 2.40. The fourth-order valence-electron chi connectivity index (χ4n) is 1.79. The average molecular weight is 321 g/mol. The predicted octanol–water partition coefficient (Wildman–Crippen LogP) is 4.02. The van der Waals surface area contributed by atoms with Crippen molar-refractivity contribution in [3.05, 3.63) is 56.6 Å². The van der Waals surface area contributed by atoms with Crippen molar-refractivity contribution in [2.75, 3.05) is 7.11 Å². The molecule has 0 aliphatic carbocycles. The number of phenolic OH excluding ortho intramolecular Hbond substituents is 1.